The maximum absolute atomic E-state index is 4.81. The molecule has 2 aromatic rings. The summed E-state index contributed by atoms with van der Waals surface area (Å²) in [5, 5.41) is 2.55. The van der Waals surface area contributed by atoms with Gasteiger partial charge in [-0.25, -0.2) is 0 Å². The van der Waals surface area contributed by atoms with E-state index in [1.807, 2.05) is 0 Å². The smallest absolute Gasteiger partial charge is 0.0524 e. The number of hydrogen-bond acceptors (Lipinski definition) is 1. The van der Waals surface area contributed by atoms with Crippen LogP contribution in [-0.4, -0.2) is 11.8 Å². The molecule has 0 fully saturated rings. The van der Waals surface area contributed by atoms with Crippen LogP contribution in [0.3, 0.4) is 0 Å². The van der Waals surface area contributed by atoms with E-state index >= 15 is 0 Å². The molecular formula is C23H27N. The molecular weight excluding hydrogens is 290 g/mol. The normalized spacial score (nSPS) is 18.8. The van der Waals surface area contributed by atoms with Crippen LogP contribution in [0.2, 0.25) is 0 Å². The second-order valence-corrected chi connectivity index (χ2v) is 7.85. The molecule has 0 radical (unpaired) electrons. The molecule has 0 N–H and O–H groups in total. The Hall–Kier alpha value is -2.15. The Morgan fingerprint density at radius 1 is 1.00 bits per heavy atom. The summed E-state index contributed by atoms with van der Waals surface area (Å²) in [5.74, 6) is 0.452. The van der Waals surface area contributed by atoms with Crippen molar-refractivity contribution >= 4 is 22.6 Å². The third-order valence-corrected chi connectivity index (χ3v) is 4.79. The Bertz CT molecular complexity index is 873. The highest BCUT2D eigenvalue weighted by molar-refractivity contribution is 6.05. The van der Waals surface area contributed by atoms with Crippen LogP contribution in [0.15, 0.2) is 58.6 Å². The van der Waals surface area contributed by atoms with Gasteiger partial charge in [0.25, 0.3) is 0 Å². The summed E-state index contributed by atoms with van der Waals surface area (Å²) in [6.45, 7) is 13.2. The zero-order valence-corrected chi connectivity index (χ0v) is 15.6. The topological polar surface area (TPSA) is 12.4 Å². The molecule has 0 saturated heterocycles. The molecule has 0 aliphatic heterocycles. The number of rotatable bonds is 2. The number of allylic oxidation sites excluding steroid dienone is 4. The van der Waals surface area contributed by atoms with Gasteiger partial charge in [0.2, 0.25) is 0 Å². The standard InChI is InChI=1S/C23H27N/c1-15-13-16(2)22(17(15)3)20-12-11-18-9-7-8-10-19(18)21(20)14-24-23(4,5)6/h7-14,16H,1-6H3. The number of nitrogens with zero attached hydrogens (tertiary/aromatic N) is 1. The van der Waals surface area contributed by atoms with Crippen LogP contribution in [0.25, 0.3) is 16.3 Å². The van der Waals surface area contributed by atoms with Gasteiger partial charge in [0.05, 0.1) is 5.54 Å². The zero-order chi connectivity index (χ0) is 17.5. The van der Waals surface area contributed by atoms with E-state index in [1.54, 1.807) is 0 Å². The fourth-order valence-corrected chi connectivity index (χ4v) is 3.51. The highest BCUT2D eigenvalue weighted by atomic mass is 14.8. The Morgan fingerprint density at radius 3 is 2.33 bits per heavy atom. The van der Waals surface area contributed by atoms with Gasteiger partial charge in [0.1, 0.15) is 0 Å². The van der Waals surface area contributed by atoms with Crippen molar-refractivity contribution in [2.24, 2.45) is 10.9 Å². The third kappa shape index (κ3) is 3.08. The van der Waals surface area contributed by atoms with Gasteiger partial charge in [-0.1, -0.05) is 55.0 Å². The summed E-state index contributed by atoms with van der Waals surface area (Å²) in [5.41, 5.74) is 6.72. The van der Waals surface area contributed by atoms with Crippen LogP contribution in [0, 0.1) is 5.92 Å². The maximum atomic E-state index is 4.81. The van der Waals surface area contributed by atoms with E-state index in [-0.39, 0.29) is 5.54 Å². The first kappa shape index (κ1) is 16.7. The molecule has 1 aliphatic rings. The van der Waals surface area contributed by atoms with E-state index in [0.717, 1.165) is 0 Å². The Morgan fingerprint density at radius 2 is 1.71 bits per heavy atom. The molecule has 0 heterocycles. The average molecular weight is 317 g/mol. The van der Waals surface area contributed by atoms with Gasteiger partial charge >= 0.3 is 0 Å². The van der Waals surface area contributed by atoms with Crippen molar-refractivity contribution in [3.63, 3.8) is 0 Å². The van der Waals surface area contributed by atoms with Gasteiger partial charge in [0.15, 0.2) is 0 Å². The van der Waals surface area contributed by atoms with Crippen LogP contribution in [0.4, 0.5) is 0 Å². The minimum atomic E-state index is -0.0763. The zero-order valence-electron chi connectivity index (χ0n) is 15.6. The number of benzene rings is 2. The lowest BCUT2D eigenvalue weighted by atomic mass is 9.88. The van der Waals surface area contributed by atoms with Crippen LogP contribution < -0.4 is 0 Å². The average Bonchev–Trinajstić information content (AvgIpc) is 2.77. The van der Waals surface area contributed by atoms with Gasteiger partial charge < -0.3 is 0 Å². The summed E-state index contributed by atoms with van der Waals surface area (Å²) < 4.78 is 0. The SMILES string of the molecule is CC1=CC(C)C(c2ccc3ccccc3c2C=NC(C)(C)C)=C1C. The van der Waals surface area contributed by atoms with E-state index in [2.05, 4.69) is 90.2 Å². The molecule has 0 bridgehead atoms. The number of fused-ring (bicyclic) bond motifs is 1. The van der Waals surface area contributed by atoms with Crippen LogP contribution in [-0.2, 0) is 0 Å². The van der Waals surface area contributed by atoms with Crippen molar-refractivity contribution in [3.8, 4) is 0 Å². The van der Waals surface area contributed by atoms with E-state index in [1.165, 1.54) is 38.6 Å². The lowest BCUT2D eigenvalue weighted by Crippen LogP contribution is -2.10. The number of aliphatic imine (C=N–C) groups is 1. The number of hydrogen-bond donors (Lipinski definition) is 0. The van der Waals surface area contributed by atoms with Crippen molar-refractivity contribution in [2.45, 2.75) is 47.1 Å². The summed E-state index contributed by atoms with van der Waals surface area (Å²) in [6.07, 6.45) is 4.45. The first-order valence-corrected chi connectivity index (χ1v) is 8.75. The molecule has 0 aromatic heterocycles. The van der Waals surface area contributed by atoms with Crippen molar-refractivity contribution < 1.29 is 0 Å². The first-order chi connectivity index (χ1) is 11.3. The molecule has 124 valence electrons. The molecule has 1 nitrogen and oxygen atoms in total. The lowest BCUT2D eigenvalue weighted by molar-refractivity contribution is 0.587. The molecule has 0 saturated carbocycles. The molecule has 3 rings (SSSR count). The van der Waals surface area contributed by atoms with Gasteiger partial charge in [-0.05, 0) is 62.1 Å². The van der Waals surface area contributed by atoms with Gasteiger partial charge in [-0.15, -0.1) is 0 Å². The quantitative estimate of drug-likeness (QED) is 0.566. The molecule has 2 aromatic carbocycles. The van der Waals surface area contributed by atoms with Crippen LogP contribution in [0.5, 0.6) is 0 Å². The van der Waals surface area contributed by atoms with E-state index in [0.29, 0.717) is 5.92 Å². The second kappa shape index (κ2) is 6.05. The monoisotopic (exact) mass is 317 g/mol. The first-order valence-electron chi connectivity index (χ1n) is 8.75. The van der Waals surface area contributed by atoms with E-state index < -0.39 is 0 Å². The van der Waals surface area contributed by atoms with Gasteiger partial charge in [0, 0.05) is 17.7 Å². The Kier molecular flexibility index (Phi) is 4.21. The van der Waals surface area contributed by atoms with Crippen molar-refractivity contribution in [1.29, 1.82) is 0 Å². The molecule has 1 atom stereocenters. The molecule has 1 aliphatic carbocycles. The molecule has 0 amide bonds. The summed E-state index contributed by atoms with van der Waals surface area (Å²) >= 11 is 0. The molecule has 0 spiro atoms. The predicted octanol–water partition coefficient (Wildman–Crippen LogP) is 6.43. The third-order valence-electron chi connectivity index (χ3n) is 4.79. The second-order valence-electron chi connectivity index (χ2n) is 7.85. The molecule has 1 heteroatoms. The lowest BCUT2D eigenvalue weighted by Gasteiger charge is -2.17. The van der Waals surface area contributed by atoms with Crippen molar-refractivity contribution in [1.82, 2.24) is 0 Å². The Balaban J connectivity index is 2.28. The minimum Gasteiger partial charge on any atom is -0.287 e. The van der Waals surface area contributed by atoms with Crippen LogP contribution >= 0.6 is 0 Å². The summed E-state index contributed by atoms with van der Waals surface area (Å²) in [7, 11) is 0. The minimum absolute atomic E-state index is 0.0763. The van der Waals surface area contributed by atoms with Crippen LogP contribution in [0.1, 0.15) is 52.7 Å². The fraction of sp³-hybridized carbons (Fsp3) is 0.348. The van der Waals surface area contributed by atoms with Gasteiger partial charge in [-0.2, -0.15) is 0 Å². The predicted molar refractivity (Wildman–Crippen MR) is 107 cm³/mol. The highest BCUT2D eigenvalue weighted by Crippen LogP contribution is 2.40. The summed E-state index contributed by atoms with van der Waals surface area (Å²) in [4.78, 5) is 4.81. The largest absolute Gasteiger partial charge is 0.287 e. The summed E-state index contributed by atoms with van der Waals surface area (Å²) in [6, 6.07) is 13.1. The van der Waals surface area contributed by atoms with Gasteiger partial charge in [-0.3, -0.25) is 4.99 Å². The molecule has 24 heavy (non-hydrogen) atoms. The Labute approximate surface area is 145 Å². The van der Waals surface area contributed by atoms with E-state index in [4.69, 9.17) is 4.99 Å². The maximum Gasteiger partial charge on any atom is 0.0524 e. The highest BCUT2D eigenvalue weighted by Gasteiger charge is 2.22. The van der Waals surface area contributed by atoms with E-state index in [9.17, 15) is 0 Å². The van der Waals surface area contributed by atoms with Crippen molar-refractivity contribution in [2.75, 3.05) is 0 Å². The molecule has 1 unspecified atom stereocenters. The van der Waals surface area contributed by atoms with Crippen molar-refractivity contribution in [3.05, 3.63) is 64.7 Å². The fourth-order valence-electron chi connectivity index (χ4n) is 3.51.